The van der Waals surface area contributed by atoms with Gasteiger partial charge in [0.15, 0.2) is 0 Å². The van der Waals surface area contributed by atoms with E-state index in [1.54, 1.807) is 24.3 Å². The minimum absolute atomic E-state index is 0.148. The maximum atomic E-state index is 11.5. The molecule has 0 spiro atoms. The van der Waals surface area contributed by atoms with Crippen LogP contribution in [0.2, 0.25) is 5.02 Å². The second kappa shape index (κ2) is 8.04. The van der Waals surface area contributed by atoms with Crippen LogP contribution in [0.5, 0.6) is 5.75 Å². The highest BCUT2D eigenvalue weighted by Crippen LogP contribution is 2.30. The van der Waals surface area contributed by atoms with Crippen molar-refractivity contribution >= 4 is 23.4 Å². The van der Waals surface area contributed by atoms with Crippen molar-refractivity contribution in [3.63, 3.8) is 0 Å². The van der Waals surface area contributed by atoms with Crippen molar-refractivity contribution in [3.05, 3.63) is 58.1 Å². The van der Waals surface area contributed by atoms with Gasteiger partial charge in [0, 0.05) is 5.56 Å². The first-order valence-corrected chi connectivity index (χ1v) is 7.92. The molecule has 0 bridgehead atoms. The van der Waals surface area contributed by atoms with E-state index in [-0.39, 0.29) is 6.61 Å². The van der Waals surface area contributed by atoms with Gasteiger partial charge in [0.05, 0.1) is 17.8 Å². The van der Waals surface area contributed by atoms with Crippen LogP contribution in [0.15, 0.2) is 36.4 Å². The van der Waals surface area contributed by atoms with Crippen molar-refractivity contribution in [1.82, 2.24) is 0 Å². The molecule has 0 aromatic heterocycles. The second-order valence-corrected chi connectivity index (χ2v) is 5.67. The summed E-state index contributed by atoms with van der Waals surface area (Å²) in [6.45, 7) is 4.22. The Morgan fingerprint density at radius 3 is 2.62 bits per heavy atom. The molecule has 0 unspecified atom stereocenters. The lowest BCUT2D eigenvalue weighted by atomic mass is 10.1. The number of para-hydroxylation sites is 1. The number of aryl methyl sites for hydroxylation is 2. The summed E-state index contributed by atoms with van der Waals surface area (Å²) in [4.78, 5) is 11.5. The first-order chi connectivity index (χ1) is 11.5. The van der Waals surface area contributed by atoms with Crippen LogP contribution < -0.4 is 9.80 Å². The van der Waals surface area contributed by atoms with Crippen LogP contribution in [0.25, 0.3) is 0 Å². The van der Waals surface area contributed by atoms with Crippen LogP contribution in [0, 0.1) is 6.92 Å². The standard InChI is InChI=1S/C18H20ClNO4/c1-4-13-10-15(19)17(9-12(13)2)24-11-14-7-5-6-8-16(14)20(22)18(21)23-3/h5-10,22H,4,11H2,1-3H3. The van der Waals surface area contributed by atoms with Gasteiger partial charge in [-0.25, -0.2) is 4.79 Å². The summed E-state index contributed by atoms with van der Waals surface area (Å²) in [7, 11) is 1.20. The van der Waals surface area contributed by atoms with Crippen LogP contribution in [0.4, 0.5) is 10.5 Å². The Hall–Kier alpha value is -2.24. The maximum absolute atomic E-state index is 11.5. The molecule has 2 aromatic rings. The smallest absolute Gasteiger partial charge is 0.438 e. The SMILES string of the molecule is CCc1cc(Cl)c(OCc2ccccc2N(O)C(=O)OC)cc1C. The third-order valence-electron chi connectivity index (χ3n) is 3.72. The average Bonchev–Trinajstić information content (AvgIpc) is 2.60. The minimum atomic E-state index is -0.872. The van der Waals surface area contributed by atoms with Gasteiger partial charge in [0.25, 0.3) is 0 Å². The van der Waals surface area contributed by atoms with E-state index < -0.39 is 6.09 Å². The number of halogens is 1. The molecule has 128 valence electrons. The molecule has 2 aromatic carbocycles. The van der Waals surface area contributed by atoms with Gasteiger partial charge in [-0.15, -0.1) is 0 Å². The van der Waals surface area contributed by atoms with Gasteiger partial charge in [-0.3, -0.25) is 5.21 Å². The number of methoxy groups -OCH3 is 1. The van der Waals surface area contributed by atoms with Crippen molar-refractivity contribution < 1.29 is 19.5 Å². The van der Waals surface area contributed by atoms with Crippen LogP contribution in [-0.4, -0.2) is 18.4 Å². The summed E-state index contributed by atoms with van der Waals surface area (Å²) >= 11 is 6.26. The number of rotatable bonds is 5. The summed E-state index contributed by atoms with van der Waals surface area (Å²) < 4.78 is 10.3. The van der Waals surface area contributed by atoms with Crippen molar-refractivity contribution in [2.75, 3.05) is 12.2 Å². The van der Waals surface area contributed by atoms with E-state index in [1.165, 1.54) is 12.7 Å². The van der Waals surface area contributed by atoms with Crippen molar-refractivity contribution in [2.45, 2.75) is 26.9 Å². The molecule has 1 amide bonds. The van der Waals surface area contributed by atoms with Crippen molar-refractivity contribution in [3.8, 4) is 5.75 Å². The highest BCUT2D eigenvalue weighted by atomic mass is 35.5. The number of hydrogen-bond donors (Lipinski definition) is 1. The number of hydrogen-bond acceptors (Lipinski definition) is 4. The Balaban J connectivity index is 2.21. The molecule has 6 heteroatoms. The number of nitrogens with zero attached hydrogens (tertiary/aromatic N) is 1. The van der Waals surface area contributed by atoms with Gasteiger partial charge in [0.1, 0.15) is 12.4 Å². The van der Waals surface area contributed by atoms with Gasteiger partial charge in [-0.05, 0) is 42.7 Å². The zero-order chi connectivity index (χ0) is 17.7. The third kappa shape index (κ3) is 3.99. The van der Waals surface area contributed by atoms with Gasteiger partial charge in [0.2, 0.25) is 0 Å². The number of anilines is 1. The fourth-order valence-electron chi connectivity index (χ4n) is 2.37. The van der Waals surface area contributed by atoms with E-state index in [0.717, 1.165) is 12.0 Å². The maximum Gasteiger partial charge on any atom is 0.438 e. The molecular weight excluding hydrogens is 330 g/mol. The van der Waals surface area contributed by atoms with Crippen molar-refractivity contribution in [2.24, 2.45) is 0 Å². The van der Waals surface area contributed by atoms with Gasteiger partial charge >= 0.3 is 6.09 Å². The molecule has 0 saturated heterocycles. The van der Waals surface area contributed by atoms with Crippen LogP contribution in [0.3, 0.4) is 0 Å². The highest BCUT2D eigenvalue weighted by molar-refractivity contribution is 6.32. The fraction of sp³-hybridized carbons (Fsp3) is 0.278. The largest absolute Gasteiger partial charge is 0.487 e. The number of ether oxygens (including phenoxy) is 2. The molecule has 0 heterocycles. The first kappa shape index (κ1) is 18.1. The summed E-state index contributed by atoms with van der Waals surface area (Å²) in [5.41, 5.74) is 3.18. The molecule has 5 nitrogen and oxygen atoms in total. The van der Waals surface area contributed by atoms with E-state index in [9.17, 15) is 10.0 Å². The lowest BCUT2D eigenvalue weighted by Crippen LogP contribution is -2.27. The van der Waals surface area contributed by atoms with Gasteiger partial charge < -0.3 is 9.47 Å². The number of carbonyl (C=O) groups is 1. The first-order valence-electron chi connectivity index (χ1n) is 7.54. The zero-order valence-electron chi connectivity index (χ0n) is 13.9. The van der Waals surface area contributed by atoms with Crippen LogP contribution in [-0.2, 0) is 17.8 Å². The summed E-state index contributed by atoms with van der Waals surface area (Å²) in [5, 5.41) is 10.9. The number of hydroxylamine groups is 1. The van der Waals surface area contributed by atoms with E-state index in [0.29, 0.717) is 27.1 Å². The average molecular weight is 350 g/mol. The van der Waals surface area contributed by atoms with E-state index in [4.69, 9.17) is 16.3 Å². The van der Waals surface area contributed by atoms with E-state index in [1.807, 2.05) is 19.1 Å². The zero-order valence-corrected chi connectivity index (χ0v) is 14.6. The molecule has 0 aliphatic rings. The molecule has 0 saturated carbocycles. The Kier molecular flexibility index (Phi) is 6.06. The van der Waals surface area contributed by atoms with E-state index >= 15 is 0 Å². The fourth-order valence-corrected chi connectivity index (χ4v) is 2.61. The number of amides is 1. The normalized spacial score (nSPS) is 10.4. The van der Waals surface area contributed by atoms with Crippen LogP contribution >= 0.6 is 11.6 Å². The molecule has 1 N–H and O–H groups in total. The predicted molar refractivity (Wildman–Crippen MR) is 93.0 cm³/mol. The quantitative estimate of drug-likeness (QED) is 0.625. The minimum Gasteiger partial charge on any atom is -0.487 e. The molecule has 2 rings (SSSR count). The Labute approximate surface area is 146 Å². The Bertz CT molecular complexity index is 733. The number of benzene rings is 2. The number of carbonyl (C=O) groups excluding carboxylic acids is 1. The molecule has 0 aliphatic carbocycles. The van der Waals surface area contributed by atoms with Gasteiger partial charge in [-0.1, -0.05) is 36.7 Å². The highest BCUT2D eigenvalue weighted by Gasteiger charge is 2.17. The van der Waals surface area contributed by atoms with E-state index in [2.05, 4.69) is 11.7 Å². The summed E-state index contributed by atoms with van der Waals surface area (Å²) in [6, 6.07) is 10.6. The molecule has 24 heavy (non-hydrogen) atoms. The molecular formula is C18H20ClNO4. The lowest BCUT2D eigenvalue weighted by molar-refractivity contribution is 0.140. The lowest BCUT2D eigenvalue weighted by Gasteiger charge is -2.18. The Morgan fingerprint density at radius 1 is 1.25 bits per heavy atom. The van der Waals surface area contributed by atoms with Crippen molar-refractivity contribution in [1.29, 1.82) is 0 Å². The Morgan fingerprint density at radius 2 is 1.96 bits per heavy atom. The van der Waals surface area contributed by atoms with Gasteiger partial charge in [-0.2, -0.15) is 5.06 Å². The van der Waals surface area contributed by atoms with Crippen LogP contribution in [0.1, 0.15) is 23.6 Å². The summed E-state index contributed by atoms with van der Waals surface area (Å²) in [6.07, 6.45) is 0.0245. The monoisotopic (exact) mass is 349 g/mol. The molecule has 0 radical (unpaired) electrons. The molecule has 0 aliphatic heterocycles. The summed E-state index contributed by atoms with van der Waals surface area (Å²) in [5.74, 6) is 0.559. The topological polar surface area (TPSA) is 59.0 Å². The third-order valence-corrected chi connectivity index (χ3v) is 4.02. The second-order valence-electron chi connectivity index (χ2n) is 5.26. The molecule has 0 atom stereocenters. The molecule has 0 fully saturated rings. The predicted octanol–water partition coefficient (Wildman–Crippen LogP) is 4.75.